The van der Waals surface area contributed by atoms with E-state index in [-0.39, 0.29) is 30.9 Å². The van der Waals surface area contributed by atoms with E-state index >= 15 is 0 Å². The molecule has 6 atom stereocenters. The van der Waals surface area contributed by atoms with Gasteiger partial charge in [0, 0.05) is 13.1 Å². The molecule has 0 aromatic heterocycles. The number of hydrogen-bond donors (Lipinski definition) is 1. The molecule has 0 aliphatic carbocycles. The van der Waals surface area contributed by atoms with Crippen LogP contribution in [0.1, 0.15) is 59.8 Å². The maximum absolute atomic E-state index is 14.2. The van der Waals surface area contributed by atoms with E-state index in [0.29, 0.717) is 25.9 Å². The molecule has 0 radical (unpaired) electrons. The summed E-state index contributed by atoms with van der Waals surface area (Å²) < 4.78 is 12.4. The number of allylic oxidation sites excluding steroid dienone is 1. The van der Waals surface area contributed by atoms with Crippen molar-refractivity contribution in [3.8, 4) is 0 Å². The van der Waals surface area contributed by atoms with Crippen LogP contribution >= 0.6 is 0 Å². The summed E-state index contributed by atoms with van der Waals surface area (Å²) in [7, 11) is 0. The number of carbonyl (C=O) groups excluding carboxylic acids is 3. The molecule has 1 unspecified atom stereocenters. The number of ether oxygens (including phenoxy) is 2. The predicted octanol–water partition coefficient (Wildman–Crippen LogP) is 2.46. The number of rotatable bonds is 7. The van der Waals surface area contributed by atoms with Gasteiger partial charge in [0.15, 0.2) is 0 Å². The number of aliphatic hydroxyl groups is 1. The van der Waals surface area contributed by atoms with Gasteiger partial charge in [0.25, 0.3) is 0 Å². The standard InChI is InChI=1S/C27H40N2O6/c1-5-6-13-28-14-10-12-27-20(21-25(33)34-15-9-7-8-11-26(21,4)35-27)23(31)29(22(27)24(28)32)19(17-30)16-18(2)3/h8,10-12,18-22,30H,5-7,9,13-17H2,1-4H3/b11-8-/t19-,20+,21+,22?,26-,27+/m1/s1. The van der Waals surface area contributed by atoms with Gasteiger partial charge in [-0.2, -0.15) is 0 Å². The third-order valence-electron chi connectivity index (χ3n) is 7.90. The Kier molecular flexibility index (Phi) is 7.44. The summed E-state index contributed by atoms with van der Waals surface area (Å²) in [6.45, 7) is 8.96. The van der Waals surface area contributed by atoms with Crippen molar-refractivity contribution in [1.82, 2.24) is 9.80 Å². The minimum absolute atomic E-state index is 0.186. The highest BCUT2D eigenvalue weighted by Gasteiger charge is 2.75. The third-order valence-corrected chi connectivity index (χ3v) is 7.90. The zero-order chi connectivity index (χ0) is 25.4. The molecule has 2 fully saturated rings. The summed E-state index contributed by atoms with van der Waals surface area (Å²) in [6, 6.07) is -1.49. The van der Waals surface area contributed by atoms with Crippen LogP contribution in [0.4, 0.5) is 0 Å². The van der Waals surface area contributed by atoms with Crippen molar-refractivity contribution < 1.29 is 29.0 Å². The topological polar surface area (TPSA) is 96.4 Å². The molecule has 0 saturated carbocycles. The van der Waals surface area contributed by atoms with Crippen LogP contribution in [0.5, 0.6) is 0 Å². The van der Waals surface area contributed by atoms with Crippen molar-refractivity contribution in [2.24, 2.45) is 17.8 Å². The van der Waals surface area contributed by atoms with Crippen molar-refractivity contribution in [2.75, 3.05) is 26.3 Å². The second-order valence-electron chi connectivity index (χ2n) is 11.0. The van der Waals surface area contributed by atoms with Gasteiger partial charge in [0.2, 0.25) is 11.8 Å². The molecule has 1 N–H and O–H groups in total. The Morgan fingerprint density at radius 1 is 1.14 bits per heavy atom. The van der Waals surface area contributed by atoms with Crippen molar-refractivity contribution >= 4 is 17.8 Å². The zero-order valence-electron chi connectivity index (χ0n) is 21.4. The highest BCUT2D eigenvalue weighted by Crippen LogP contribution is 2.57. The summed E-state index contributed by atoms with van der Waals surface area (Å²) in [5.41, 5.74) is -2.39. The molecule has 4 rings (SSSR count). The number of hydrogen-bond acceptors (Lipinski definition) is 6. The largest absolute Gasteiger partial charge is 0.465 e. The van der Waals surface area contributed by atoms with Gasteiger partial charge in [-0.25, -0.2) is 0 Å². The van der Waals surface area contributed by atoms with E-state index in [0.717, 1.165) is 19.3 Å². The number of unbranched alkanes of at least 4 members (excludes halogenated alkanes) is 1. The van der Waals surface area contributed by atoms with E-state index in [9.17, 15) is 19.5 Å². The van der Waals surface area contributed by atoms with Gasteiger partial charge in [-0.3, -0.25) is 14.4 Å². The first-order valence-corrected chi connectivity index (χ1v) is 13.1. The first-order chi connectivity index (χ1) is 16.7. The molecule has 4 aliphatic rings. The minimum atomic E-state index is -1.30. The Labute approximate surface area is 208 Å². The fraction of sp³-hybridized carbons (Fsp3) is 0.741. The SMILES string of the molecule is CCCCN1CC=C[C@]23O[C@]4(C)/C=C\CCCOC(=O)[C@@H]4[C@H]2C(=O)N([C@@H](CO)CC(C)C)C3C1=O. The van der Waals surface area contributed by atoms with Crippen molar-refractivity contribution in [3.05, 3.63) is 24.3 Å². The van der Waals surface area contributed by atoms with Gasteiger partial charge in [-0.05, 0) is 38.5 Å². The summed E-state index contributed by atoms with van der Waals surface area (Å²) in [6.07, 6.45) is 11.4. The molecule has 8 heteroatoms. The van der Waals surface area contributed by atoms with Gasteiger partial charge in [-0.1, -0.05) is 51.5 Å². The van der Waals surface area contributed by atoms with Gasteiger partial charge in [0.1, 0.15) is 17.6 Å². The fourth-order valence-electron chi connectivity index (χ4n) is 6.38. The number of carbonyl (C=O) groups is 3. The average molecular weight is 489 g/mol. The zero-order valence-corrected chi connectivity index (χ0v) is 21.4. The van der Waals surface area contributed by atoms with Crippen LogP contribution in [0.3, 0.4) is 0 Å². The molecule has 4 heterocycles. The molecule has 2 amide bonds. The van der Waals surface area contributed by atoms with Crippen LogP contribution in [0, 0.1) is 17.8 Å². The second-order valence-corrected chi connectivity index (χ2v) is 11.0. The number of amides is 2. The number of cyclic esters (lactones) is 1. The van der Waals surface area contributed by atoms with Gasteiger partial charge >= 0.3 is 5.97 Å². The normalized spacial score (nSPS) is 36.6. The molecule has 0 aromatic rings. The maximum atomic E-state index is 14.2. The first kappa shape index (κ1) is 25.9. The average Bonchev–Trinajstić information content (AvgIpc) is 3.16. The molecule has 0 bridgehead atoms. The van der Waals surface area contributed by atoms with E-state index in [1.807, 2.05) is 45.1 Å². The molecule has 1 spiro atoms. The van der Waals surface area contributed by atoms with E-state index in [2.05, 4.69) is 6.92 Å². The molecule has 194 valence electrons. The predicted molar refractivity (Wildman–Crippen MR) is 130 cm³/mol. The number of nitrogens with zero attached hydrogens (tertiary/aromatic N) is 2. The third kappa shape index (κ3) is 4.33. The minimum Gasteiger partial charge on any atom is -0.465 e. The van der Waals surface area contributed by atoms with Crippen molar-refractivity contribution in [2.45, 2.75) is 83.1 Å². The molecular formula is C27H40N2O6. The van der Waals surface area contributed by atoms with Gasteiger partial charge in [0.05, 0.1) is 30.8 Å². The van der Waals surface area contributed by atoms with E-state index in [1.165, 1.54) is 0 Å². The second kappa shape index (κ2) is 10.1. The molecule has 0 aromatic carbocycles. The van der Waals surface area contributed by atoms with Gasteiger partial charge < -0.3 is 24.4 Å². The number of likely N-dealkylation sites (tertiary alicyclic amines) is 1. The highest BCUT2D eigenvalue weighted by molar-refractivity contribution is 5.99. The van der Waals surface area contributed by atoms with E-state index < -0.39 is 41.1 Å². The Balaban J connectivity index is 1.86. The first-order valence-electron chi connectivity index (χ1n) is 13.1. The Hall–Kier alpha value is -2.19. The lowest BCUT2D eigenvalue weighted by Crippen LogP contribution is -2.59. The fourth-order valence-corrected chi connectivity index (χ4v) is 6.38. The van der Waals surface area contributed by atoms with Crippen LogP contribution in [0.15, 0.2) is 24.3 Å². The Morgan fingerprint density at radius 2 is 1.91 bits per heavy atom. The van der Waals surface area contributed by atoms with Crippen molar-refractivity contribution in [3.63, 3.8) is 0 Å². The smallest absolute Gasteiger partial charge is 0.313 e. The quantitative estimate of drug-likeness (QED) is 0.437. The lowest BCUT2D eigenvalue weighted by atomic mass is 9.74. The number of fused-ring (bicyclic) bond motifs is 2. The van der Waals surface area contributed by atoms with Crippen LogP contribution in [-0.2, 0) is 23.9 Å². The van der Waals surface area contributed by atoms with Crippen molar-refractivity contribution in [1.29, 1.82) is 0 Å². The molecule has 2 saturated heterocycles. The molecule has 35 heavy (non-hydrogen) atoms. The van der Waals surface area contributed by atoms with E-state index in [1.54, 1.807) is 9.80 Å². The summed E-state index contributed by atoms with van der Waals surface area (Å²) in [4.78, 5) is 45.1. The maximum Gasteiger partial charge on any atom is 0.313 e. The summed E-state index contributed by atoms with van der Waals surface area (Å²) in [5.74, 6) is -2.55. The van der Waals surface area contributed by atoms with Crippen LogP contribution < -0.4 is 0 Å². The van der Waals surface area contributed by atoms with Crippen LogP contribution in [0.2, 0.25) is 0 Å². The summed E-state index contributed by atoms with van der Waals surface area (Å²) >= 11 is 0. The van der Waals surface area contributed by atoms with Gasteiger partial charge in [-0.15, -0.1) is 0 Å². The van der Waals surface area contributed by atoms with Crippen LogP contribution in [-0.4, -0.2) is 82.3 Å². The highest BCUT2D eigenvalue weighted by atomic mass is 16.6. The Bertz CT molecular complexity index is 900. The lowest BCUT2D eigenvalue weighted by molar-refractivity contribution is -0.161. The lowest BCUT2D eigenvalue weighted by Gasteiger charge is -2.40. The summed E-state index contributed by atoms with van der Waals surface area (Å²) in [5, 5.41) is 10.3. The molecule has 4 aliphatic heterocycles. The Morgan fingerprint density at radius 3 is 2.60 bits per heavy atom. The molecular weight excluding hydrogens is 448 g/mol. The number of aliphatic hydroxyl groups excluding tert-OH is 1. The molecule has 8 nitrogen and oxygen atoms in total. The van der Waals surface area contributed by atoms with Crippen LogP contribution in [0.25, 0.3) is 0 Å². The van der Waals surface area contributed by atoms with E-state index in [4.69, 9.17) is 9.47 Å². The monoisotopic (exact) mass is 488 g/mol. The number of esters is 1.